The van der Waals surface area contributed by atoms with Crippen LogP contribution in [0.5, 0.6) is 5.88 Å². The summed E-state index contributed by atoms with van der Waals surface area (Å²) in [6.45, 7) is 11.3. The Morgan fingerprint density at radius 2 is 2.16 bits per heavy atom. The highest BCUT2D eigenvalue weighted by Crippen LogP contribution is 2.21. The van der Waals surface area contributed by atoms with Crippen molar-refractivity contribution in [1.29, 1.82) is 0 Å². The van der Waals surface area contributed by atoms with Gasteiger partial charge in [0.2, 0.25) is 11.8 Å². The molecule has 0 amide bonds. The first-order valence-electron chi connectivity index (χ1n) is 7.23. The first kappa shape index (κ1) is 14.1. The van der Waals surface area contributed by atoms with Crippen molar-refractivity contribution < 1.29 is 4.74 Å². The first-order valence-corrected chi connectivity index (χ1v) is 7.23. The standard InChI is InChI=1S/C14H24N4O/c1-4-17(5-2)12-8-10-18(11-12)14-15-9-7-13(16-14)19-6-3/h7,9,12H,4-6,8,10-11H2,1-3H3. The summed E-state index contributed by atoms with van der Waals surface area (Å²) in [4.78, 5) is 13.6. The lowest BCUT2D eigenvalue weighted by molar-refractivity contribution is 0.232. The Labute approximate surface area is 115 Å². The molecule has 0 N–H and O–H groups in total. The fraction of sp³-hybridized carbons (Fsp3) is 0.714. The van der Waals surface area contributed by atoms with Gasteiger partial charge in [-0.05, 0) is 26.4 Å². The molecule has 1 aliphatic heterocycles. The van der Waals surface area contributed by atoms with Crippen molar-refractivity contribution in [3.05, 3.63) is 12.3 Å². The van der Waals surface area contributed by atoms with Crippen LogP contribution in [0.2, 0.25) is 0 Å². The van der Waals surface area contributed by atoms with Gasteiger partial charge in [0.15, 0.2) is 0 Å². The van der Waals surface area contributed by atoms with Crippen molar-refractivity contribution >= 4 is 5.95 Å². The molecular weight excluding hydrogens is 240 g/mol. The molecule has 2 heterocycles. The molecule has 2 rings (SSSR count). The zero-order valence-corrected chi connectivity index (χ0v) is 12.2. The average Bonchev–Trinajstić information content (AvgIpc) is 2.91. The Morgan fingerprint density at radius 1 is 1.37 bits per heavy atom. The number of rotatable bonds is 6. The van der Waals surface area contributed by atoms with Gasteiger partial charge in [0, 0.05) is 31.4 Å². The topological polar surface area (TPSA) is 41.5 Å². The Morgan fingerprint density at radius 3 is 2.84 bits per heavy atom. The molecule has 1 saturated heterocycles. The van der Waals surface area contributed by atoms with Crippen molar-refractivity contribution in [1.82, 2.24) is 14.9 Å². The molecule has 0 aromatic carbocycles. The van der Waals surface area contributed by atoms with Crippen molar-refractivity contribution in [3.8, 4) is 5.88 Å². The fourth-order valence-electron chi connectivity index (χ4n) is 2.67. The third-order valence-corrected chi connectivity index (χ3v) is 3.68. The molecule has 106 valence electrons. The monoisotopic (exact) mass is 264 g/mol. The number of nitrogens with zero attached hydrogens (tertiary/aromatic N) is 4. The zero-order chi connectivity index (χ0) is 13.7. The minimum absolute atomic E-state index is 0.620. The molecule has 5 heteroatoms. The van der Waals surface area contributed by atoms with E-state index in [0.29, 0.717) is 18.5 Å². The van der Waals surface area contributed by atoms with Gasteiger partial charge in [-0.25, -0.2) is 4.98 Å². The molecule has 1 aromatic heterocycles. The molecule has 1 fully saturated rings. The Bertz CT molecular complexity index is 395. The first-order chi connectivity index (χ1) is 9.28. The third-order valence-electron chi connectivity index (χ3n) is 3.68. The Kier molecular flexibility index (Phi) is 4.96. The maximum absolute atomic E-state index is 5.43. The maximum atomic E-state index is 5.43. The van der Waals surface area contributed by atoms with E-state index in [1.165, 1.54) is 6.42 Å². The lowest BCUT2D eigenvalue weighted by atomic mass is 10.2. The van der Waals surface area contributed by atoms with E-state index in [0.717, 1.165) is 32.1 Å². The van der Waals surface area contributed by atoms with E-state index >= 15 is 0 Å². The average molecular weight is 264 g/mol. The van der Waals surface area contributed by atoms with E-state index in [1.807, 2.05) is 13.0 Å². The second-order valence-electron chi connectivity index (χ2n) is 4.74. The second kappa shape index (κ2) is 6.70. The van der Waals surface area contributed by atoms with Crippen molar-refractivity contribution in [2.75, 3.05) is 37.7 Å². The quantitative estimate of drug-likeness (QED) is 0.783. The van der Waals surface area contributed by atoms with Crippen LogP contribution in [0.1, 0.15) is 27.2 Å². The van der Waals surface area contributed by atoms with Gasteiger partial charge in [-0.1, -0.05) is 13.8 Å². The predicted octanol–water partition coefficient (Wildman–Crippen LogP) is 1.80. The molecule has 0 spiro atoms. The van der Waals surface area contributed by atoms with Crippen LogP contribution in [0.25, 0.3) is 0 Å². The highest BCUT2D eigenvalue weighted by atomic mass is 16.5. The number of aromatic nitrogens is 2. The van der Waals surface area contributed by atoms with Gasteiger partial charge in [0.05, 0.1) is 6.61 Å². The summed E-state index contributed by atoms with van der Waals surface area (Å²) in [6.07, 6.45) is 2.96. The molecule has 0 bridgehead atoms. The van der Waals surface area contributed by atoms with Crippen LogP contribution in [0.15, 0.2) is 12.3 Å². The van der Waals surface area contributed by atoms with Crippen LogP contribution >= 0.6 is 0 Å². The van der Waals surface area contributed by atoms with Crippen LogP contribution in [-0.4, -0.2) is 53.7 Å². The molecule has 1 aliphatic rings. The zero-order valence-electron chi connectivity index (χ0n) is 12.2. The molecule has 0 aliphatic carbocycles. The fourth-order valence-corrected chi connectivity index (χ4v) is 2.67. The van der Waals surface area contributed by atoms with Gasteiger partial charge >= 0.3 is 0 Å². The van der Waals surface area contributed by atoms with Crippen molar-refractivity contribution in [2.24, 2.45) is 0 Å². The van der Waals surface area contributed by atoms with Gasteiger partial charge < -0.3 is 9.64 Å². The van der Waals surface area contributed by atoms with Crippen molar-refractivity contribution in [3.63, 3.8) is 0 Å². The summed E-state index contributed by atoms with van der Waals surface area (Å²) in [6, 6.07) is 2.43. The summed E-state index contributed by atoms with van der Waals surface area (Å²) < 4.78 is 5.43. The molecule has 5 nitrogen and oxygen atoms in total. The largest absolute Gasteiger partial charge is 0.478 e. The Balaban J connectivity index is 2.02. The number of ether oxygens (including phenoxy) is 1. The second-order valence-corrected chi connectivity index (χ2v) is 4.74. The van der Waals surface area contributed by atoms with E-state index < -0.39 is 0 Å². The van der Waals surface area contributed by atoms with Crippen LogP contribution < -0.4 is 9.64 Å². The van der Waals surface area contributed by atoms with Crippen LogP contribution in [0.4, 0.5) is 5.95 Å². The molecule has 0 saturated carbocycles. The van der Waals surface area contributed by atoms with Crippen LogP contribution in [0.3, 0.4) is 0 Å². The molecular formula is C14H24N4O. The smallest absolute Gasteiger partial charge is 0.228 e. The summed E-state index contributed by atoms with van der Waals surface area (Å²) in [5.74, 6) is 1.46. The SMILES string of the molecule is CCOc1ccnc(N2CCC(N(CC)CC)C2)n1. The van der Waals surface area contributed by atoms with Gasteiger partial charge in [-0.15, -0.1) is 0 Å². The highest BCUT2D eigenvalue weighted by molar-refractivity contribution is 5.34. The van der Waals surface area contributed by atoms with Gasteiger partial charge in [0.25, 0.3) is 0 Å². The van der Waals surface area contributed by atoms with Gasteiger partial charge in [-0.3, -0.25) is 4.90 Å². The summed E-state index contributed by atoms with van der Waals surface area (Å²) in [5.41, 5.74) is 0. The molecule has 1 aromatic rings. The molecule has 0 radical (unpaired) electrons. The number of hydrogen-bond donors (Lipinski definition) is 0. The maximum Gasteiger partial charge on any atom is 0.228 e. The van der Waals surface area contributed by atoms with E-state index in [2.05, 4.69) is 33.6 Å². The molecule has 1 unspecified atom stereocenters. The summed E-state index contributed by atoms with van der Waals surface area (Å²) in [7, 11) is 0. The van der Waals surface area contributed by atoms with E-state index in [4.69, 9.17) is 4.74 Å². The van der Waals surface area contributed by atoms with E-state index in [-0.39, 0.29) is 0 Å². The summed E-state index contributed by atoms with van der Waals surface area (Å²) >= 11 is 0. The Hall–Kier alpha value is -1.36. The number of hydrogen-bond acceptors (Lipinski definition) is 5. The minimum Gasteiger partial charge on any atom is -0.478 e. The minimum atomic E-state index is 0.620. The van der Waals surface area contributed by atoms with Gasteiger partial charge in [0.1, 0.15) is 0 Å². The lowest BCUT2D eigenvalue weighted by Crippen LogP contribution is -2.37. The van der Waals surface area contributed by atoms with Crippen LogP contribution in [0, 0.1) is 0 Å². The van der Waals surface area contributed by atoms with Gasteiger partial charge in [-0.2, -0.15) is 4.98 Å². The summed E-state index contributed by atoms with van der Waals surface area (Å²) in [5, 5.41) is 0. The molecule has 19 heavy (non-hydrogen) atoms. The molecule has 1 atom stereocenters. The van der Waals surface area contributed by atoms with Crippen LogP contribution in [-0.2, 0) is 0 Å². The van der Waals surface area contributed by atoms with Crippen molar-refractivity contribution in [2.45, 2.75) is 33.2 Å². The lowest BCUT2D eigenvalue weighted by Gasteiger charge is -2.26. The number of likely N-dealkylation sites (N-methyl/N-ethyl adjacent to an activating group) is 1. The third kappa shape index (κ3) is 3.35. The highest BCUT2D eigenvalue weighted by Gasteiger charge is 2.27. The van der Waals surface area contributed by atoms with E-state index in [1.54, 1.807) is 6.20 Å². The predicted molar refractivity (Wildman–Crippen MR) is 76.7 cm³/mol. The number of anilines is 1. The van der Waals surface area contributed by atoms with E-state index in [9.17, 15) is 0 Å². The normalized spacial score (nSPS) is 19.2.